The highest BCUT2D eigenvalue weighted by atomic mass is 19.4. The zero-order valence-corrected chi connectivity index (χ0v) is 16.3. The van der Waals surface area contributed by atoms with Crippen molar-refractivity contribution >= 4 is 17.5 Å². The maximum atomic E-state index is 13.0. The van der Waals surface area contributed by atoms with Crippen molar-refractivity contribution in [3.05, 3.63) is 41.6 Å². The molecule has 2 heterocycles. The van der Waals surface area contributed by atoms with Crippen LogP contribution in [0, 0.1) is 12.8 Å². The highest BCUT2D eigenvalue weighted by Crippen LogP contribution is 2.34. The standard InChI is InChI=1S/C20H23F3N4O2/c1-13-6-5-9-27(11-13)19-24-14(2)10-18(26-19)29-12-17(28)25-16-8-4-3-7-15(16)20(21,22)23/h3-4,7-8,10,13H,5-6,9,11-12H2,1-2H3,(H,25,28)/t13-/m1/s1. The van der Waals surface area contributed by atoms with Crippen molar-refractivity contribution in [2.24, 2.45) is 5.92 Å². The zero-order valence-electron chi connectivity index (χ0n) is 16.3. The Labute approximate surface area is 167 Å². The van der Waals surface area contributed by atoms with E-state index in [1.54, 1.807) is 13.0 Å². The Balaban J connectivity index is 1.65. The predicted molar refractivity (Wildman–Crippen MR) is 103 cm³/mol. The highest BCUT2D eigenvalue weighted by molar-refractivity contribution is 5.92. The van der Waals surface area contributed by atoms with E-state index in [1.807, 2.05) is 0 Å². The maximum Gasteiger partial charge on any atom is 0.418 e. The molecule has 1 aromatic heterocycles. The quantitative estimate of drug-likeness (QED) is 0.808. The van der Waals surface area contributed by atoms with Gasteiger partial charge in [0, 0.05) is 24.8 Å². The van der Waals surface area contributed by atoms with Crippen molar-refractivity contribution in [3.8, 4) is 5.88 Å². The molecular formula is C20H23F3N4O2. The second-order valence-corrected chi connectivity index (χ2v) is 7.22. The van der Waals surface area contributed by atoms with E-state index in [4.69, 9.17) is 4.74 Å². The summed E-state index contributed by atoms with van der Waals surface area (Å²) < 4.78 is 44.5. The van der Waals surface area contributed by atoms with Crippen LogP contribution < -0.4 is 15.0 Å². The minimum absolute atomic E-state index is 0.213. The molecule has 1 N–H and O–H groups in total. The molecule has 1 saturated heterocycles. The van der Waals surface area contributed by atoms with Gasteiger partial charge in [0.25, 0.3) is 5.91 Å². The van der Waals surface area contributed by atoms with Gasteiger partial charge in [0.15, 0.2) is 6.61 Å². The van der Waals surface area contributed by atoms with E-state index in [9.17, 15) is 18.0 Å². The Morgan fingerprint density at radius 3 is 2.79 bits per heavy atom. The first kappa shape index (κ1) is 20.9. The van der Waals surface area contributed by atoms with E-state index >= 15 is 0 Å². The number of ether oxygens (including phenoxy) is 1. The van der Waals surface area contributed by atoms with Crippen LogP contribution in [-0.2, 0) is 11.0 Å². The predicted octanol–water partition coefficient (Wildman–Crippen LogP) is 4.06. The topological polar surface area (TPSA) is 67.3 Å². The largest absolute Gasteiger partial charge is 0.467 e. The Morgan fingerprint density at radius 2 is 2.07 bits per heavy atom. The number of carbonyl (C=O) groups excluding carboxylic acids is 1. The molecule has 1 aliphatic heterocycles. The number of anilines is 2. The average molecular weight is 408 g/mol. The van der Waals surface area contributed by atoms with Crippen LogP contribution in [0.3, 0.4) is 0 Å². The van der Waals surface area contributed by atoms with Crippen molar-refractivity contribution in [2.45, 2.75) is 32.9 Å². The summed E-state index contributed by atoms with van der Waals surface area (Å²) >= 11 is 0. The van der Waals surface area contributed by atoms with E-state index in [0.29, 0.717) is 17.6 Å². The highest BCUT2D eigenvalue weighted by Gasteiger charge is 2.33. The van der Waals surface area contributed by atoms with E-state index < -0.39 is 24.3 Å². The second kappa shape index (κ2) is 8.67. The molecule has 0 saturated carbocycles. The summed E-state index contributed by atoms with van der Waals surface area (Å²) in [5.41, 5.74) is -0.533. The number of piperidine rings is 1. The summed E-state index contributed by atoms with van der Waals surface area (Å²) in [6, 6.07) is 6.39. The van der Waals surface area contributed by atoms with Crippen molar-refractivity contribution in [1.82, 2.24) is 9.97 Å². The van der Waals surface area contributed by atoms with Crippen LogP contribution in [-0.4, -0.2) is 35.6 Å². The minimum atomic E-state index is -4.56. The lowest BCUT2D eigenvalue weighted by Crippen LogP contribution is -2.35. The zero-order chi connectivity index (χ0) is 21.0. The van der Waals surface area contributed by atoms with E-state index in [2.05, 4.69) is 27.1 Å². The number of nitrogens with zero attached hydrogens (tertiary/aromatic N) is 3. The normalized spacial score (nSPS) is 17.1. The molecule has 1 fully saturated rings. The van der Waals surface area contributed by atoms with Crippen LogP contribution in [0.2, 0.25) is 0 Å². The molecule has 0 radical (unpaired) electrons. The van der Waals surface area contributed by atoms with Gasteiger partial charge in [-0.25, -0.2) is 4.98 Å². The van der Waals surface area contributed by atoms with E-state index in [-0.39, 0.29) is 11.6 Å². The maximum absolute atomic E-state index is 13.0. The molecule has 29 heavy (non-hydrogen) atoms. The first-order valence-electron chi connectivity index (χ1n) is 9.42. The van der Waals surface area contributed by atoms with Gasteiger partial charge in [0.1, 0.15) is 0 Å². The van der Waals surface area contributed by atoms with E-state index in [0.717, 1.165) is 32.0 Å². The minimum Gasteiger partial charge on any atom is -0.467 e. The molecule has 0 aliphatic carbocycles. The number of nitrogens with one attached hydrogen (secondary N) is 1. The van der Waals surface area contributed by atoms with Crippen LogP contribution in [0.1, 0.15) is 31.0 Å². The third-order valence-corrected chi connectivity index (χ3v) is 4.62. The molecule has 3 rings (SSSR count). The summed E-state index contributed by atoms with van der Waals surface area (Å²) in [5, 5.41) is 2.25. The molecule has 0 spiro atoms. The number of amides is 1. The summed E-state index contributed by atoms with van der Waals surface area (Å²) in [6.45, 7) is 5.20. The molecule has 0 bridgehead atoms. The Morgan fingerprint density at radius 1 is 1.31 bits per heavy atom. The molecular weight excluding hydrogens is 385 g/mol. The molecule has 156 valence electrons. The SMILES string of the molecule is Cc1cc(OCC(=O)Nc2ccccc2C(F)(F)F)nc(N2CCC[C@@H](C)C2)n1. The van der Waals surface area contributed by atoms with Crippen molar-refractivity contribution in [2.75, 3.05) is 29.9 Å². The number of hydrogen-bond donors (Lipinski definition) is 1. The summed E-state index contributed by atoms with van der Waals surface area (Å²) in [6.07, 6.45) is -2.35. The van der Waals surface area contributed by atoms with Crippen LogP contribution in [0.15, 0.2) is 30.3 Å². The third kappa shape index (κ3) is 5.58. The van der Waals surface area contributed by atoms with Gasteiger partial charge in [0.2, 0.25) is 11.8 Å². The van der Waals surface area contributed by atoms with Gasteiger partial charge < -0.3 is 15.0 Å². The molecule has 6 nitrogen and oxygen atoms in total. The fourth-order valence-electron chi connectivity index (χ4n) is 3.28. The van der Waals surface area contributed by atoms with Gasteiger partial charge in [-0.15, -0.1) is 0 Å². The fourth-order valence-corrected chi connectivity index (χ4v) is 3.28. The molecule has 1 aromatic carbocycles. The summed E-state index contributed by atoms with van der Waals surface area (Å²) in [5.74, 6) is 0.585. The second-order valence-electron chi connectivity index (χ2n) is 7.22. The number of rotatable bonds is 5. The third-order valence-electron chi connectivity index (χ3n) is 4.62. The van der Waals surface area contributed by atoms with Crippen LogP contribution in [0.5, 0.6) is 5.88 Å². The fraction of sp³-hybridized carbons (Fsp3) is 0.450. The monoisotopic (exact) mass is 408 g/mol. The lowest BCUT2D eigenvalue weighted by molar-refractivity contribution is -0.137. The number of aryl methyl sites for hydroxylation is 1. The molecule has 1 atom stereocenters. The van der Waals surface area contributed by atoms with Gasteiger partial charge in [-0.1, -0.05) is 19.1 Å². The molecule has 1 aliphatic rings. The Kier molecular flexibility index (Phi) is 6.24. The lowest BCUT2D eigenvalue weighted by atomic mass is 10.0. The van der Waals surface area contributed by atoms with Crippen molar-refractivity contribution in [1.29, 1.82) is 0 Å². The molecule has 9 heteroatoms. The number of para-hydroxylation sites is 1. The first-order chi connectivity index (χ1) is 13.7. The number of halogens is 3. The smallest absolute Gasteiger partial charge is 0.418 e. The summed E-state index contributed by atoms with van der Waals surface area (Å²) in [7, 11) is 0. The van der Waals surface area contributed by atoms with Crippen LogP contribution in [0.25, 0.3) is 0 Å². The van der Waals surface area contributed by atoms with Crippen LogP contribution >= 0.6 is 0 Å². The van der Waals surface area contributed by atoms with Gasteiger partial charge >= 0.3 is 6.18 Å². The van der Waals surface area contributed by atoms with Gasteiger partial charge in [0.05, 0.1) is 11.3 Å². The lowest BCUT2D eigenvalue weighted by Gasteiger charge is -2.31. The number of hydrogen-bond acceptors (Lipinski definition) is 5. The Bertz CT molecular complexity index is 873. The molecule has 0 unspecified atom stereocenters. The van der Waals surface area contributed by atoms with Crippen molar-refractivity contribution in [3.63, 3.8) is 0 Å². The number of aromatic nitrogens is 2. The summed E-state index contributed by atoms with van der Waals surface area (Å²) in [4.78, 5) is 23.0. The van der Waals surface area contributed by atoms with Gasteiger partial charge in [-0.3, -0.25) is 4.79 Å². The van der Waals surface area contributed by atoms with E-state index in [1.165, 1.54) is 18.2 Å². The Hall–Kier alpha value is -2.84. The number of carbonyl (C=O) groups is 1. The number of alkyl halides is 3. The van der Waals surface area contributed by atoms with Crippen LogP contribution in [0.4, 0.5) is 24.8 Å². The van der Waals surface area contributed by atoms with Crippen molar-refractivity contribution < 1.29 is 22.7 Å². The van der Waals surface area contributed by atoms with Gasteiger partial charge in [-0.05, 0) is 37.8 Å². The van der Waals surface area contributed by atoms with Gasteiger partial charge in [-0.2, -0.15) is 18.2 Å². The average Bonchev–Trinajstić information content (AvgIpc) is 2.65. The number of benzene rings is 1. The first-order valence-corrected chi connectivity index (χ1v) is 9.42. The molecule has 2 aromatic rings. The molecule has 1 amide bonds.